The zero-order valence-corrected chi connectivity index (χ0v) is 11.8. The maximum atomic E-state index is 12.4. The monoisotopic (exact) mass is 272 g/mol. The Morgan fingerprint density at radius 2 is 2.15 bits per heavy atom. The van der Waals surface area contributed by atoms with Crippen LogP contribution in [-0.2, 0) is 16.0 Å². The third-order valence-electron chi connectivity index (χ3n) is 4.00. The summed E-state index contributed by atoms with van der Waals surface area (Å²) in [5, 5.41) is 2.87. The number of amides is 2. The van der Waals surface area contributed by atoms with Crippen LogP contribution in [0.25, 0.3) is 0 Å². The van der Waals surface area contributed by atoms with E-state index in [2.05, 4.69) is 5.32 Å². The number of nitrogens with one attached hydrogen (secondary N) is 1. The number of nitrogens with zero attached hydrogens (tertiary/aromatic N) is 1. The Hall–Kier alpha value is -1.84. The van der Waals surface area contributed by atoms with Gasteiger partial charge in [-0.3, -0.25) is 9.59 Å². The Bertz CT molecular complexity index is 549. The van der Waals surface area contributed by atoms with Gasteiger partial charge in [-0.05, 0) is 43.4 Å². The van der Waals surface area contributed by atoms with Gasteiger partial charge in [0.1, 0.15) is 0 Å². The second kappa shape index (κ2) is 5.27. The molecule has 4 heteroatoms. The average molecular weight is 272 g/mol. The van der Waals surface area contributed by atoms with Crippen LogP contribution in [0.2, 0.25) is 0 Å². The number of carbonyl (C=O) groups is 2. The molecule has 1 saturated carbocycles. The number of benzene rings is 1. The van der Waals surface area contributed by atoms with Gasteiger partial charge in [0.2, 0.25) is 11.8 Å². The maximum absolute atomic E-state index is 12.4. The summed E-state index contributed by atoms with van der Waals surface area (Å²) in [5.74, 6) is 0.487. The number of fused-ring (bicyclic) bond motifs is 1. The van der Waals surface area contributed by atoms with Gasteiger partial charge in [-0.25, -0.2) is 0 Å². The third kappa shape index (κ3) is 2.55. The van der Waals surface area contributed by atoms with Crippen molar-refractivity contribution in [3.63, 3.8) is 0 Å². The molecule has 0 bridgehead atoms. The number of anilines is 2. The Labute approximate surface area is 119 Å². The van der Waals surface area contributed by atoms with Crippen LogP contribution in [0.5, 0.6) is 0 Å². The van der Waals surface area contributed by atoms with Crippen molar-refractivity contribution in [1.82, 2.24) is 0 Å². The molecule has 3 rings (SSSR count). The zero-order valence-electron chi connectivity index (χ0n) is 11.8. The van der Waals surface area contributed by atoms with Gasteiger partial charge in [0.25, 0.3) is 0 Å². The smallest absolute Gasteiger partial charge is 0.230 e. The van der Waals surface area contributed by atoms with E-state index in [1.165, 1.54) is 5.56 Å². The molecule has 106 valence electrons. The SMILES string of the molecule is CCC(=O)Nc1ccc2c(c1)N(C(=O)C1CC1)CCC2. The quantitative estimate of drug-likeness (QED) is 0.919. The van der Waals surface area contributed by atoms with E-state index in [0.29, 0.717) is 6.42 Å². The molecule has 1 heterocycles. The molecule has 20 heavy (non-hydrogen) atoms. The molecule has 0 saturated heterocycles. The molecule has 1 aliphatic carbocycles. The van der Waals surface area contributed by atoms with Crippen molar-refractivity contribution in [3.8, 4) is 0 Å². The van der Waals surface area contributed by atoms with Crippen molar-refractivity contribution in [2.24, 2.45) is 5.92 Å². The molecule has 1 N–H and O–H groups in total. The van der Waals surface area contributed by atoms with Crippen molar-refractivity contribution >= 4 is 23.2 Å². The largest absolute Gasteiger partial charge is 0.326 e. The van der Waals surface area contributed by atoms with Crippen molar-refractivity contribution in [2.75, 3.05) is 16.8 Å². The second-order valence-electron chi connectivity index (χ2n) is 5.61. The summed E-state index contributed by atoms with van der Waals surface area (Å²) in [6.45, 7) is 2.63. The van der Waals surface area contributed by atoms with Gasteiger partial charge in [-0.15, -0.1) is 0 Å². The lowest BCUT2D eigenvalue weighted by Crippen LogP contribution is -2.36. The van der Waals surface area contributed by atoms with Gasteiger partial charge in [-0.1, -0.05) is 13.0 Å². The first-order valence-corrected chi connectivity index (χ1v) is 7.43. The molecule has 4 nitrogen and oxygen atoms in total. The molecule has 0 unspecified atom stereocenters. The number of hydrogen-bond acceptors (Lipinski definition) is 2. The van der Waals surface area contributed by atoms with E-state index >= 15 is 0 Å². The lowest BCUT2D eigenvalue weighted by atomic mass is 10.0. The van der Waals surface area contributed by atoms with E-state index in [9.17, 15) is 9.59 Å². The fourth-order valence-electron chi connectivity index (χ4n) is 2.68. The van der Waals surface area contributed by atoms with Crippen LogP contribution in [0.4, 0.5) is 11.4 Å². The highest BCUT2D eigenvalue weighted by Crippen LogP contribution is 2.36. The van der Waals surface area contributed by atoms with Crippen LogP contribution >= 0.6 is 0 Å². The highest BCUT2D eigenvalue weighted by atomic mass is 16.2. The topological polar surface area (TPSA) is 49.4 Å². The van der Waals surface area contributed by atoms with E-state index in [1.807, 2.05) is 30.0 Å². The Morgan fingerprint density at radius 1 is 1.35 bits per heavy atom. The van der Waals surface area contributed by atoms with Crippen molar-refractivity contribution in [2.45, 2.75) is 39.0 Å². The normalized spacial score (nSPS) is 17.6. The standard InChI is InChI=1S/C16H20N2O2/c1-2-15(19)17-13-8-7-11-4-3-9-18(14(11)10-13)16(20)12-5-6-12/h7-8,10,12H,2-6,9H2,1H3,(H,17,19). The predicted octanol–water partition coefficient (Wildman–Crippen LogP) is 2.72. The molecule has 1 aromatic carbocycles. The molecule has 2 amide bonds. The van der Waals surface area contributed by atoms with Crippen LogP contribution in [0.15, 0.2) is 18.2 Å². The number of rotatable bonds is 3. The summed E-state index contributed by atoms with van der Waals surface area (Å²) in [4.78, 5) is 25.8. The molecule has 1 fully saturated rings. The van der Waals surface area contributed by atoms with Crippen molar-refractivity contribution < 1.29 is 9.59 Å². The van der Waals surface area contributed by atoms with Gasteiger partial charge in [0.15, 0.2) is 0 Å². The molecule has 0 atom stereocenters. The van der Waals surface area contributed by atoms with Gasteiger partial charge in [0.05, 0.1) is 0 Å². The molecule has 0 radical (unpaired) electrons. The summed E-state index contributed by atoms with van der Waals surface area (Å²) in [5.41, 5.74) is 2.98. The highest BCUT2D eigenvalue weighted by Gasteiger charge is 2.35. The minimum Gasteiger partial charge on any atom is -0.326 e. The van der Waals surface area contributed by atoms with E-state index in [4.69, 9.17) is 0 Å². The van der Waals surface area contributed by atoms with E-state index < -0.39 is 0 Å². The summed E-state index contributed by atoms with van der Waals surface area (Å²) in [6, 6.07) is 5.91. The first kappa shape index (κ1) is 13.2. The van der Waals surface area contributed by atoms with Crippen LogP contribution in [0.3, 0.4) is 0 Å². The summed E-state index contributed by atoms with van der Waals surface area (Å²) >= 11 is 0. The number of carbonyl (C=O) groups excluding carboxylic acids is 2. The van der Waals surface area contributed by atoms with Crippen LogP contribution in [0.1, 0.15) is 38.2 Å². The van der Waals surface area contributed by atoms with Gasteiger partial charge in [-0.2, -0.15) is 0 Å². The average Bonchev–Trinajstić information content (AvgIpc) is 3.30. The van der Waals surface area contributed by atoms with E-state index in [1.54, 1.807) is 0 Å². The number of hydrogen-bond donors (Lipinski definition) is 1. The predicted molar refractivity (Wildman–Crippen MR) is 78.8 cm³/mol. The third-order valence-corrected chi connectivity index (χ3v) is 4.00. The van der Waals surface area contributed by atoms with E-state index in [0.717, 1.165) is 43.6 Å². The van der Waals surface area contributed by atoms with Crippen LogP contribution in [-0.4, -0.2) is 18.4 Å². The Morgan fingerprint density at radius 3 is 2.85 bits per heavy atom. The van der Waals surface area contributed by atoms with E-state index in [-0.39, 0.29) is 17.7 Å². The first-order chi connectivity index (χ1) is 9.69. The van der Waals surface area contributed by atoms with Gasteiger partial charge >= 0.3 is 0 Å². The minimum atomic E-state index is 0.000767. The lowest BCUT2D eigenvalue weighted by molar-refractivity contribution is -0.120. The lowest BCUT2D eigenvalue weighted by Gasteiger charge is -2.30. The minimum absolute atomic E-state index is 0.000767. The Balaban J connectivity index is 1.87. The molecule has 0 aromatic heterocycles. The fourth-order valence-corrected chi connectivity index (χ4v) is 2.68. The maximum Gasteiger partial charge on any atom is 0.230 e. The van der Waals surface area contributed by atoms with Gasteiger partial charge in [0, 0.05) is 30.3 Å². The Kier molecular flexibility index (Phi) is 3.47. The van der Waals surface area contributed by atoms with Crippen molar-refractivity contribution in [1.29, 1.82) is 0 Å². The molecule has 1 aliphatic heterocycles. The van der Waals surface area contributed by atoms with Crippen molar-refractivity contribution in [3.05, 3.63) is 23.8 Å². The highest BCUT2D eigenvalue weighted by molar-refractivity contribution is 5.99. The molecular weight excluding hydrogens is 252 g/mol. The second-order valence-corrected chi connectivity index (χ2v) is 5.61. The molecule has 2 aliphatic rings. The summed E-state index contributed by atoms with van der Waals surface area (Å²) < 4.78 is 0. The van der Waals surface area contributed by atoms with Gasteiger partial charge < -0.3 is 10.2 Å². The van der Waals surface area contributed by atoms with Crippen LogP contribution < -0.4 is 10.2 Å². The zero-order chi connectivity index (χ0) is 14.1. The number of aryl methyl sites for hydroxylation is 1. The van der Waals surface area contributed by atoms with Crippen LogP contribution in [0, 0.1) is 5.92 Å². The first-order valence-electron chi connectivity index (χ1n) is 7.43. The molecule has 0 spiro atoms. The summed E-state index contributed by atoms with van der Waals surface area (Å²) in [7, 11) is 0. The molecular formula is C16H20N2O2. The fraction of sp³-hybridized carbons (Fsp3) is 0.500. The summed E-state index contributed by atoms with van der Waals surface area (Å²) in [6.07, 6.45) is 4.54. The molecule has 1 aromatic rings.